The standard InChI is InChI=1S/C37H74N9/c1-16-17-18-45(30-21-34(6,7)39-35(8,9)22-30)43-25-41(14)26-44(28-43)46(31-23-36(10,11)40-37(12,13)24-31)27-42(15)29-19-32(2,3)38-33(4,5)20-29/h25-26,28-31,38-40H,16-24,27H2,1-15H3/q+3. The van der Waals surface area contributed by atoms with Crippen molar-refractivity contribution in [2.75, 3.05) is 30.3 Å². The number of unbranched alkanes of at least 4 members (excludes halogenated alkanes) is 1. The third kappa shape index (κ3) is 9.76. The molecule has 3 aliphatic heterocycles. The molecule has 9 nitrogen and oxygen atoms in total. The van der Waals surface area contributed by atoms with Gasteiger partial charge in [-0.05, 0) is 135 Å². The number of aromatic nitrogens is 3. The van der Waals surface area contributed by atoms with E-state index in [9.17, 15) is 0 Å². The van der Waals surface area contributed by atoms with Gasteiger partial charge in [0.2, 0.25) is 0 Å². The summed E-state index contributed by atoms with van der Waals surface area (Å²) in [5.41, 5.74) is 0.485. The molecule has 3 N–H and O–H groups in total. The molecule has 3 aliphatic rings. The van der Waals surface area contributed by atoms with Gasteiger partial charge in [0.15, 0.2) is 7.05 Å². The lowest BCUT2D eigenvalue weighted by Crippen LogP contribution is -2.78. The molecule has 1 aromatic rings. The normalized spacial score (nSPS) is 25.8. The van der Waals surface area contributed by atoms with Gasteiger partial charge in [-0.25, -0.2) is 0 Å². The average Bonchev–Trinajstić information content (AvgIpc) is 2.81. The van der Waals surface area contributed by atoms with Crippen LogP contribution in [-0.2, 0) is 7.05 Å². The van der Waals surface area contributed by atoms with Gasteiger partial charge in [0.1, 0.15) is 6.67 Å². The first-order chi connectivity index (χ1) is 20.9. The van der Waals surface area contributed by atoms with Gasteiger partial charge in [-0.2, -0.15) is 10.0 Å². The molecule has 46 heavy (non-hydrogen) atoms. The number of piperidine rings is 3. The highest BCUT2D eigenvalue weighted by atomic mass is 15.7. The number of hydrogen-bond donors (Lipinski definition) is 3. The molecule has 0 saturated carbocycles. The van der Waals surface area contributed by atoms with E-state index in [4.69, 9.17) is 0 Å². The van der Waals surface area contributed by atoms with E-state index in [1.54, 1.807) is 0 Å². The van der Waals surface area contributed by atoms with Gasteiger partial charge in [-0.3, -0.25) is 4.90 Å². The highest BCUT2D eigenvalue weighted by molar-refractivity contribution is 5.06. The van der Waals surface area contributed by atoms with Crippen LogP contribution in [0.1, 0.15) is 141 Å². The number of nitrogens with zero attached hydrogens (tertiary/aromatic N) is 6. The lowest BCUT2D eigenvalue weighted by molar-refractivity contribution is -0.935. The summed E-state index contributed by atoms with van der Waals surface area (Å²) in [6, 6.07) is 1.34. The minimum atomic E-state index is 0.0505. The summed E-state index contributed by atoms with van der Waals surface area (Å²) in [6.07, 6.45) is 16.0. The molecule has 4 rings (SSSR count). The molecule has 0 aliphatic carbocycles. The maximum absolute atomic E-state index is 3.95. The van der Waals surface area contributed by atoms with E-state index < -0.39 is 0 Å². The van der Waals surface area contributed by atoms with E-state index in [1.165, 1.54) is 12.8 Å². The molecule has 9 heteroatoms. The van der Waals surface area contributed by atoms with Crippen molar-refractivity contribution >= 4 is 0 Å². The molecule has 264 valence electrons. The Bertz CT molecular complexity index is 1140. The van der Waals surface area contributed by atoms with Crippen molar-refractivity contribution in [2.45, 2.75) is 193 Å². The summed E-state index contributed by atoms with van der Waals surface area (Å²) in [4.78, 5) is 2.64. The predicted molar refractivity (Wildman–Crippen MR) is 190 cm³/mol. The molecular formula is C37H74N9+3. The highest BCUT2D eigenvalue weighted by Gasteiger charge is 2.47. The zero-order valence-corrected chi connectivity index (χ0v) is 32.7. The maximum Gasteiger partial charge on any atom is 0.474 e. The molecule has 0 bridgehead atoms. The van der Waals surface area contributed by atoms with Crippen LogP contribution in [0, 0.1) is 0 Å². The third-order valence-electron chi connectivity index (χ3n) is 10.5. The second-order valence-corrected chi connectivity index (χ2v) is 19.5. The Balaban J connectivity index is 1.76. The number of aryl methyl sites for hydroxylation is 1. The smallest absolute Gasteiger partial charge is 0.307 e. The van der Waals surface area contributed by atoms with Gasteiger partial charge in [-0.1, -0.05) is 17.9 Å². The first-order valence-corrected chi connectivity index (χ1v) is 18.3. The molecule has 0 aromatic carbocycles. The molecule has 0 spiro atoms. The molecular weight excluding hydrogens is 570 g/mol. The first-order valence-electron chi connectivity index (χ1n) is 18.3. The SMILES string of the molecule is CCCCN(C1CC(C)(C)NC(C)(C)C1)[n+]1c[n+](C)c[n+](N(CN(C)C2CC(C)(C)NC(C)(C)C2)C2CC(C)(C)NC(C)(C)C2)c1. The quantitative estimate of drug-likeness (QED) is 0.268. The molecule has 0 radical (unpaired) electrons. The van der Waals surface area contributed by atoms with Crippen LogP contribution in [0.2, 0.25) is 0 Å². The summed E-state index contributed by atoms with van der Waals surface area (Å²) in [6.45, 7) is 32.7. The van der Waals surface area contributed by atoms with Crippen LogP contribution in [0.15, 0.2) is 19.0 Å². The van der Waals surface area contributed by atoms with Crippen LogP contribution >= 0.6 is 0 Å². The molecule has 4 heterocycles. The van der Waals surface area contributed by atoms with Gasteiger partial charge in [-0.15, -0.1) is 0 Å². The van der Waals surface area contributed by atoms with Crippen LogP contribution in [0.4, 0.5) is 0 Å². The molecule has 0 amide bonds. The number of hydrogen-bond acceptors (Lipinski definition) is 6. The largest absolute Gasteiger partial charge is 0.474 e. The molecule has 3 saturated heterocycles. The van der Waals surface area contributed by atoms with E-state index in [-0.39, 0.29) is 33.2 Å². The second-order valence-electron chi connectivity index (χ2n) is 19.5. The minimum absolute atomic E-state index is 0.0505. The van der Waals surface area contributed by atoms with E-state index in [0.29, 0.717) is 18.1 Å². The van der Waals surface area contributed by atoms with E-state index >= 15 is 0 Å². The van der Waals surface area contributed by atoms with Crippen molar-refractivity contribution in [1.29, 1.82) is 0 Å². The molecule has 3 fully saturated rings. The Morgan fingerprint density at radius 2 is 0.913 bits per heavy atom. The molecule has 0 atom stereocenters. The second kappa shape index (κ2) is 13.1. The van der Waals surface area contributed by atoms with E-state index in [1.807, 2.05) is 0 Å². The van der Waals surface area contributed by atoms with Gasteiger partial charge >= 0.3 is 19.0 Å². The van der Waals surface area contributed by atoms with Crippen LogP contribution in [0.25, 0.3) is 0 Å². The summed E-state index contributed by atoms with van der Waals surface area (Å²) in [5.74, 6) is 0. The van der Waals surface area contributed by atoms with Gasteiger partial charge in [0.05, 0.1) is 18.6 Å². The van der Waals surface area contributed by atoms with Crippen molar-refractivity contribution in [3.05, 3.63) is 19.0 Å². The Kier molecular flexibility index (Phi) is 10.6. The predicted octanol–water partition coefficient (Wildman–Crippen LogP) is 3.58. The minimum Gasteiger partial charge on any atom is -0.307 e. The van der Waals surface area contributed by atoms with E-state index in [2.05, 4.69) is 168 Å². The van der Waals surface area contributed by atoms with Gasteiger partial charge in [0.25, 0.3) is 0 Å². The number of rotatable bonds is 10. The van der Waals surface area contributed by atoms with Crippen molar-refractivity contribution in [2.24, 2.45) is 7.05 Å². The average molecular weight is 645 g/mol. The van der Waals surface area contributed by atoms with Crippen molar-refractivity contribution < 1.29 is 13.9 Å². The van der Waals surface area contributed by atoms with Crippen LogP contribution < -0.4 is 39.9 Å². The highest BCUT2D eigenvalue weighted by Crippen LogP contribution is 2.34. The lowest BCUT2D eigenvalue weighted by atomic mass is 9.79. The fourth-order valence-corrected chi connectivity index (χ4v) is 9.92. The Morgan fingerprint density at radius 3 is 1.30 bits per heavy atom. The Labute approximate surface area is 283 Å². The molecule has 0 unspecified atom stereocenters. The van der Waals surface area contributed by atoms with Crippen LogP contribution in [0.3, 0.4) is 0 Å². The van der Waals surface area contributed by atoms with Crippen molar-refractivity contribution in [3.8, 4) is 0 Å². The fourth-order valence-electron chi connectivity index (χ4n) is 9.92. The van der Waals surface area contributed by atoms with Gasteiger partial charge < -0.3 is 16.0 Å². The van der Waals surface area contributed by atoms with Crippen LogP contribution in [-0.4, -0.2) is 76.5 Å². The van der Waals surface area contributed by atoms with Crippen LogP contribution in [0.5, 0.6) is 0 Å². The lowest BCUT2D eigenvalue weighted by Gasteiger charge is -2.50. The Hall–Kier alpha value is -1.55. The zero-order chi connectivity index (χ0) is 34.5. The zero-order valence-electron chi connectivity index (χ0n) is 32.7. The summed E-state index contributed by atoms with van der Waals surface area (Å²) in [7, 11) is 4.55. The summed E-state index contributed by atoms with van der Waals surface area (Å²) in [5, 5.41) is 17.1. The Morgan fingerprint density at radius 1 is 0.565 bits per heavy atom. The summed E-state index contributed by atoms with van der Waals surface area (Å²) < 4.78 is 7.13. The summed E-state index contributed by atoms with van der Waals surface area (Å²) >= 11 is 0. The van der Waals surface area contributed by atoms with Gasteiger partial charge in [0, 0.05) is 48.6 Å². The maximum atomic E-state index is 3.95. The topological polar surface area (TPSA) is 57.5 Å². The molecule has 1 aromatic heterocycles. The van der Waals surface area contributed by atoms with E-state index in [0.717, 1.165) is 51.7 Å². The third-order valence-corrected chi connectivity index (χ3v) is 10.5. The fraction of sp³-hybridized carbons (Fsp3) is 0.919. The number of nitrogens with one attached hydrogen (secondary N) is 3. The first kappa shape index (κ1) is 37.3. The monoisotopic (exact) mass is 645 g/mol. The van der Waals surface area contributed by atoms with Crippen molar-refractivity contribution in [3.63, 3.8) is 0 Å². The van der Waals surface area contributed by atoms with Crippen molar-refractivity contribution in [1.82, 2.24) is 20.9 Å².